The number of benzene rings is 1. The van der Waals surface area contributed by atoms with Gasteiger partial charge in [-0.3, -0.25) is 4.79 Å². The number of nitrogens with zero attached hydrogens (tertiary/aromatic N) is 3. The lowest BCUT2D eigenvalue weighted by Crippen LogP contribution is -2.25. The van der Waals surface area contributed by atoms with Crippen molar-refractivity contribution in [3.8, 4) is 0 Å². The SMILES string of the molecule is O=C(c1ccc(Cl)c(Cl)c1)N1Cc2cncnc2C1. The van der Waals surface area contributed by atoms with Crippen molar-refractivity contribution in [2.24, 2.45) is 0 Å². The molecule has 96 valence electrons. The minimum atomic E-state index is -0.0865. The Morgan fingerprint density at radius 3 is 2.79 bits per heavy atom. The van der Waals surface area contributed by atoms with Gasteiger partial charge in [0.2, 0.25) is 0 Å². The molecule has 0 N–H and O–H groups in total. The van der Waals surface area contributed by atoms with Crippen molar-refractivity contribution >= 4 is 29.1 Å². The Morgan fingerprint density at radius 1 is 1.21 bits per heavy atom. The molecule has 1 amide bonds. The standard InChI is InChI=1S/C13H9Cl2N3O/c14-10-2-1-8(3-11(10)15)13(19)18-5-9-4-16-7-17-12(9)6-18/h1-4,7H,5-6H2. The first-order valence-corrected chi connectivity index (χ1v) is 6.43. The monoisotopic (exact) mass is 293 g/mol. The number of hydrogen-bond donors (Lipinski definition) is 0. The van der Waals surface area contributed by atoms with Crippen molar-refractivity contribution in [2.45, 2.75) is 13.1 Å². The number of carbonyl (C=O) groups excluding carboxylic acids is 1. The van der Waals surface area contributed by atoms with Crippen LogP contribution in [-0.4, -0.2) is 20.8 Å². The van der Waals surface area contributed by atoms with E-state index in [4.69, 9.17) is 23.2 Å². The second-order valence-corrected chi connectivity index (χ2v) is 5.10. The molecule has 6 heteroatoms. The van der Waals surface area contributed by atoms with Gasteiger partial charge in [-0.2, -0.15) is 0 Å². The average molecular weight is 294 g/mol. The molecule has 0 radical (unpaired) electrons. The van der Waals surface area contributed by atoms with Crippen LogP contribution in [0.4, 0.5) is 0 Å². The molecule has 2 heterocycles. The maximum Gasteiger partial charge on any atom is 0.254 e. The van der Waals surface area contributed by atoms with Crippen molar-refractivity contribution in [2.75, 3.05) is 0 Å². The molecule has 0 unspecified atom stereocenters. The van der Waals surface area contributed by atoms with Crippen molar-refractivity contribution < 1.29 is 4.79 Å². The average Bonchev–Trinajstić information content (AvgIpc) is 2.85. The molecule has 0 saturated heterocycles. The molecule has 0 aliphatic carbocycles. The highest BCUT2D eigenvalue weighted by Gasteiger charge is 2.25. The summed E-state index contributed by atoms with van der Waals surface area (Å²) in [7, 11) is 0. The van der Waals surface area contributed by atoms with Gasteiger partial charge in [0.1, 0.15) is 6.33 Å². The third-order valence-corrected chi connectivity index (χ3v) is 3.78. The number of halogens is 2. The summed E-state index contributed by atoms with van der Waals surface area (Å²) in [6, 6.07) is 4.88. The van der Waals surface area contributed by atoms with Crippen LogP contribution >= 0.6 is 23.2 Å². The lowest BCUT2D eigenvalue weighted by atomic mass is 10.2. The third-order valence-electron chi connectivity index (χ3n) is 3.04. The van der Waals surface area contributed by atoms with Crippen molar-refractivity contribution in [1.29, 1.82) is 0 Å². The summed E-state index contributed by atoms with van der Waals surface area (Å²) in [4.78, 5) is 22.2. The van der Waals surface area contributed by atoms with Crippen molar-refractivity contribution in [3.63, 3.8) is 0 Å². The van der Waals surface area contributed by atoms with E-state index in [0.717, 1.165) is 11.3 Å². The maximum atomic E-state index is 12.4. The fraction of sp³-hybridized carbons (Fsp3) is 0.154. The summed E-state index contributed by atoms with van der Waals surface area (Å²) in [5.74, 6) is -0.0865. The van der Waals surface area contributed by atoms with Crippen LogP contribution < -0.4 is 0 Å². The van der Waals surface area contributed by atoms with Crippen LogP contribution in [0.15, 0.2) is 30.7 Å². The van der Waals surface area contributed by atoms with Crippen LogP contribution in [0.25, 0.3) is 0 Å². The molecule has 3 rings (SSSR count). The van der Waals surface area contributed by atoms with Gasteiger partial charge in [0, 0.05) is 23.9 Å². The van der Waals surface area contributed by atoms with Gasteiger partial charge < -0.3 is 4.90 Å². The molecule has 19 heavy (non-hydrogen) atoms. The highest BCUT2D eigenvalue weighted by atomic mass is 35.5. The summed E-state index contributed by atoms with van der Waals surface area (Å²) in [5, 5.41) is 0.817. The smallest absolute Gasteiger partial charge is 0.254 e. The normalized spacial score (nSPS) is 13.5. The van der Waals surface area contributed by atoms with Crippen LogP contribution in [0.5, 0.6) is 0 Å². The first-order chi connectivity index (χ1) is 9.15. The first kappa shape index (κ1) is 12.4. The topological polar surface area (TPSA) is 46.1 Å². The second kappa shape index (κ2) is 4.79. The number of hydrogen-bond acceptors (Lipinski definition) is 3. The Hall–Kier alpha value is -1.65. The van der Waals surface area contributed by atoms with Gasteiger partial charge in [-0.1, -0.05) is 23.2 Å². The lowest BCUT2D eigenvalue weighted by molar-refractivity contribution is 0.0750. The fourth-order valence-corrected chi connectivity index (χ4v) is 2.35. The summed E-state index contributed by atoms with van der Waals surface area (Å²) in [6.07, 6.45) is 3.23. The van der Waals surface area contributed by atoms with Gasteiger partial charge in [-0.25, -0.2) is 9.97 Å². The second-order valence-electron chi connectivity index (χ2n) is 4.28. The Bertz CT molecular complexity index is 635. The van der Waals surface area contributed by atoms with E-state index in [9.17, 15) is 4.79 Å². The van der Waals surface area contributed by atoms with Gasteiger partial charge in [-0.15, -0.1) is 0 Å². The molecular weight excluding hydrogens is 285 g/mol. The molecule has 0 fully saturated rings. The van der Waals surface area contributed by atoms with E-state index in [-0.39, 0.29) is 5.91 Å². The van der Waals surface area contributed by atoms with Gasteiger partial charge in [0.15, 0.2) is 0 Å². The molecule has 0 saturated carbocycles. The molecule has 2 aromatic rings. The molecule has 1 aromatic carbocycles. The van der Waals surface area contributed by atoms with E-state index in [1.165, 1.54) is 6.33 Å². The molecule has 4 nitrogen and oxygen atoms in total. The number of rotatable bonds is 1. The van der Waals surface area contributed by atoms with E-state index in [2.05, 4.69) is 9.97 Å². The zero-order valence-electron chi connectivity index (χ0n) is 9.81. The van der Waals surface area contributed by atoms with Crippen LogP contribution in [-0.2, 0) is 13.1 Å². The summed E-state index contributed by atoms with van der Waals surface area (Å²) >= 11 is 11.8. The molecule has 0 bridgehead atoms. The Morgan fingerprint density at radius 2 is 2.05 bits per heavy atom. The van der Waals surface area contributed by atoms with E-state index < -0.39 is 0 Å². The van der Waals surface area contributed by atoms with Gasteiger partial charge in [0.25, 0.3) is 5.91 Å². The largest absolute Gasteiger partial charge is 0.328 e. The molecule has 1 aromatic heterocycles. The predicted molar refractivity (Wildman–Crippen MR) is 72.1 cm³/mol. The lowest BCUT2D eigenvalue weighted by Gasteiger charge is -2.15. The summed E-state index contributed by atoms with van der Waals surface area (Å²) < 4.78 is 0. The predicted octanol–water partition coefficient (Wildman–Crippen LogP) is 2.94. The van der Waals surface area contributed by atoms with E-state index in [1.807, 2.05) is 0 Å². The Balaban J connectivity index is 1.85. The number of aromatic nitrogens is 2. The summed E-state index contributed by atoms with van der Waals surface area (Å²) in [6.45, 7) is 1.02. The summed E-state index contributed by atoms with van der Waals surface area (Å²) in [5.41, 5.74) is 2.40. The molecule has 0 atom stereocenters. The van der Waals surface area contributed by atoms with Crippen LogP contribution in [0.3, 0.4) is 0 Å². The van der Waals surface area contributed by atoms with Crippen LogP contribution in [0.2, 0.25) is 10.0 Å². The zero-order chi connectivity index (χ0) is 13.4. The van der Waals surface area contributed by atoms with Gasteiger partial charge in [0.05, 0.1) is 22.3 Å². The first-order valence-electron chi connectivity index (χ1n) is 5.67. The third kappa shape index (κ3) is 2.29. The van der Waals surface area contributed by atoms with Crippen LogP contribution in [0.1, 0.15) is 21.6 Å². The van der Waals surface area contributed by atoms with E-state index in [0.29, 0.717) is 28.7 Å². The van der Waals surface area contributed by atoms with E-state index in [1.54, 1.807) is 29.3 Å². The molecule has 1 aliphatic heterocycles. The number of carbonyl (C=O) groups is 1. The minimum absolute atomic E-state index is 0.0865. The van der Waals surface area contributed by atoms with Crippen molar-refractivity contribution in [1.82, 2.24) is 14.9 Å². The highest BCUT2D eigenvalue weighted by molar-refractivity contribution is 6.42. The number of fused-ring (bicyclic) bond motifs is 1. The van der Waals surface area contributed by atoms with Crippen molar-refractivity contribution in [3.05, 3.63) is 57.6 Å². The maximum absolute atomic E-state index is 12.4. The highest BCUT2D eigenvalue weighted by Crippen LogP contribution is 2.26. The minimum Gasteiger partial charge on any atom is -0.328 e. The number of amides is 1. The fourth-order valence-electron chi connectivity index (χ4n) is 2.06. The molecule has 1 aliphatic rings. The zero-order valence-corrected chi connectivity index (χ0v) is 11.3. The molecule has 0 spiro atoms. The van der Waals surface area contributed by atoms with E-state index >= 15 is 0 Å². The Kier molecular flexibility index (Phi) is 3.12. The quantitative estimate of drug-likeness (QED) is 0.812. The molecular formula is C13H9Cl2N3O. The van der Waals surface area contributed by atoms with Gasteiger partial charge >= 0.3 is 0 Å². The van der Waals surface area contributed by atoms with Crippen LogP contribution in [0, 0.1) is 0 Å². The van der Waals surface area contributed by atoms with Gasteiger partial charge in [-0.05, 0) is 18.2 Å². The Labute approximate surface area is 120 Å².